The molecule has 116 valence electrons. The standard InChI is InChI=1S/C15H22BrN3O2/c1-11(20)13-9-12(16)10-14(17)15(13)21-8-7-19-5-3-18(2)4-6-19/h9-10H,3-8,17H2,1-2H3. The number of hydrogen-bond acceptors (Lipinski definition) is 5. The normalized spacial score (nSPS) is 16.9. The molecule has 5 nitrogen and oxygen atoms in total. The number of halogens is 1. The van der Waals surface area contributed by atoms with Crippen molar-refractivity contribution in [3.63, 3.8) is 0 Å². The van der Waals surface area contributed by atoms with E-state index < -0.39 is 0 Å². The molecule has 1 heterocycles. The molecule has 0 atom stereocenters. The molecule has 0 unspecified atom stereocenters. The third-order valence-electron chi connectivity index (χ3n) is 3.71. The van der Waals surface area contributed by atoms with E-state index in [1.807, 2.05) is 0 Å². The van der Waals surface area contributed by atoms with Gasteiger partial charge in [-0.05, 0) is 26.1 Å². The fourth-order valence-corrected chi connectivity index (χ4v) is 2.86. The maximum Gasteiger partial charge on any atom is 0.163 e. The summed E-state index contributed by atoms with van der Waals surface area (Å²) in [5, 5.41) is 0. The molecular weight excluding hydrogens is 334 g/mol. The number of nitrogens with two attached hydrogens (primary N) is 1. The number of ether oxygens (including phenoxy) is 1. The highest BCUT2D eigenvalue weighted by atomic mass is 79.9. The Morgan fingerprint density at radius 3 is 2.62 bits per heavy atom. The molecule has 1 aliphatic rings. The molecule has 0 amide bonds. The molecule has 0 aliphatic carbocycles. The maximum absolute atomic E-state index is 11.7. The van der Waals surface area contributed by atoms with Crippen molar-refractivity contribution in [3.05, 3.63) is 22.2 Å². The van der Waals surface area contributed by atoms with Gasteiger partial charge in [-0.25, -0.2) is 0 Å². The largest absolute Gasteiger partial charge is 0.489 e. The van der Waals surface area contributed by atoms with Crippen LogP contribution >= 0.6 is 15.9 Å². The second kappa shape index (κ2) is 7.24. The van der Waals surface area contributed by atoms with E-state index in [1.54, 1.807) is 12.1 Å². The summed E-state index contributed by atoms with van der Waals surface area (Å²) in [5.41, 5.74) is 6.99. The Morgan fingerprint density at radius 2 is 2.00 bits per heavy atom. The fourth-order valence-electron chi connectivity index (χ4n) is 2.39. The minimum absolute atomic E-state index is 0.0439. The summed E-state index contributed by atoms with van der Waals surface area (Å²) in [6, 6.07) is 3.52. The summed E-state index contributed by atoms with van der Waals surface area (Å²) in [4.78, 5) is 16.4. The molecule has 0 radical (unpaired) electrons. The van der Waals surface area contributed by atoms with Crippen molar-refractivity contribution in [1.29, 1.82) is 0 Å². The van der Waals surface area contributed by atoms with Crippen LogP contribution in [0.15, 0.2) is 16.6 Å². The van der Waals surface area contributed by atoms with Crippen molar-refractivity contribution in [2.45, 2.75) is 6.92 Å². The number of likely N-dealkylation sites (N-methyl/N-ethyl adjacent to an activating group) is 1. The highest BCUT2D eigenvalue weighted by Crippen LogP contribution is 2.31. The van der Waals surface area contributed by atoms with Gasteiger partial charge >= 0.3 is 0 Å². The van der Waals surface area contributed by atoms with Gasteiger partial charge in [0.05, 0.1) is 11.3 Å². The van der Waals surface area contributed by atoms with Crippen molar-refractivity contribution in [3.8, 4) is 5.75 Å². The molecule has 1 aromatic rings. The number of rotatable bonds is 5. The molecule has 2 N–H and O–H groups in total. The van der Waals surface area contributed by atoms with Gasteiger partial charge in [-0.2, -0.15) is 0 Å². The van der Waals surface area contributed by atoms with Crippen LogP contribution < -0.4 is 10.5 Å². The first-order valence-electron chi connectivity index (χ1n) is 7.11. The smallest absolute Gasteiger partial charge is 0.163 e. The van der Waals surface area contributed by atoms with E-state index in [2.05, 4.69) is 32.8 Å². The lowest BCUT2D eigenvalue weighted by molar-refractivity contribution is 0.101. The van der Waals surface area contributed by atoms with Gasteiger partial charge < -0.3 is 15.4 Å². The van der Waals surface area contributed by atoms with Gasteiger partial charge in [0.15, 0.2) is 11.5 Å². The van der Waals surface area contributed by atoms with Gasteiger partial charge in [0.2, 0.25) is 0 Å². The first kappa shape index (κ1) is 16.3. The Kier molecular flexibility index (Phi) is 5.61. The van der Waals surface area contributed by atoms with Crippen LogP contribution in [-0.2, 0) is 0 Å². The maximum atomic E-state index is 11.7. The van der Waals surface area contributed by atoms with Crippen molar-refractivity contribution in [2.24, 2.45) is 0 Å². The number of benzene rings is 1. The van der Waals surface area contributed by atoms with Crippen LogP contribution in [0.1, 0.15) is 17.3 Å². The Labute approximate surface area is 134 Å². The lowest BCUT2D eigenvalue weighted by atomic mass is 10.1. The number of anilines is 1. The molecule has 21 heavy (non-hydrogen) atoms. The van der Waals surface area contributed by atoms with Crippen molar-refractivity contribution in [2.75, 3.05) is 52.1 Å². The van der Waals surface area contributed by atoms with E-state index in [4.69, 9.17) is 10.5 Å². The molecule has 1 saturated heterocycles. The molecule has 0 spiro atoms. The molecule has 0 saturated carbocycles. The Bertz CT molecular complexity index is 514. The van der Waals surface area contributed by atoms with Crippen LogP contribution in [0.25, 0.3) is 0 Å². The molecule has 1 aliphatic heterocycles. The number of Topliss-reactive ketones (excluding diaryl/α,β-unsaturated/α-hetero) is 1. The van der Waals surface area contributed by atoms with Crippen LogP contribution in [0.4, 0.5) is 5.69 Å². The third-order valence-corrected chi connectivity index (χ3v) is 4.17. The molecule has 0 aromatic heterocycles. The van der Waals surface area contributed by atoms with Gasteiger partial charge in [0, 0.05) is 37.2 Å². The second-order valence-electron chi connectivity index (χ2n) is 5.42. The fraction of sp³-hybridized carbons (Fsp3) is 0.533. The number of piperazine rings is 1. The summed E-state index contributed by atoms with van der Waals surface area (Å²) in [6.07, 6.45) is 0. The number of nitrogen functional groups attached to an aromatic ring is 1. The highest BCUT2D eigenvalue weighted by Gasteiger charge is 2.16. The highest BCUT2D eigenvalue weighted by molar-refractivity contribution is 9.10. The first-order valence-corrected chi connectivity index (χ1v) is 7.90. The molecule has 1 fully saturated rings. The van der Waals surface area contributed by atoms with Crippen LogP contribution in [0.5, 0.6) is 5.75 Å². The van der Waals surface area contributed by atoms with Crippen molar-refractivity contribution >= 4 is 27.4 Å². The lowest BCUT2D eigenvalue weighted by Crippen LogP contribution is -2.45. The van der Waals surface area contributed by atoms with Crippen LogP contribution in [0, 0.1) is 0 Å². The number of hydrogen-bond donors (Lipinski definition) is 1. The summed E-state index contributed by atoms with van der Waals surface area (Å²) < 4.78 is 6.58. The van der Waals surface area contributed by atoms with Crippen LogP contribution in [0.3, 0.4) is 0 Å². The van der Waals surface area contributed by atoms with E-state index in [0.29, 0.717) is 23.6 Å². The van der Waals surface area contributed by atoms with Crippen molar-refractivity contribution in [1.82, 2.24) is 9.80 Å². The average molecular weight is 356 g/mol. The van der Waals surface area contributed by atoms with Crippen LogP contribution in [-0.4, -0.2) is 62.0 Å². The number of carbonyl (C=O) groups is 1. The quantitative estimate of drug-likeness (QED) is 0.645. The topological polar surface area (TPSA) is 58.8 Å². The summed E-state index contributed by atoms with van der Waals surface area (Å²) in [5.74, 6) is 0.456. The van der Waals surface area contributed by atoms with Crippen molar-refractivity contribution < 1.29 is 9.53 Å². The van der Waals surface area contributed by atoms with E-state index >= 15 is 0 Å². The van der Waals surface area contributed by atoms with E-state index in [0.717, 1.165) is 37.2 Å². The zero-order chi connectivity index (χ0) is 15.4. The predicted octanol–water partition coefficient (Wildman–Crippen LogP) is 1.86. The molecule has 6 heteroatoms. The molecular formula is C15H22BrN3O2. The number of carbonyl (C=O) groups excluding carboxylic acids is 1. The number of nitrogens with zero attached hydrogens (tertiary/aromatic N) is 2. The van der Waals surface area contributed by atoms with E-state index in [9.17, 15) is 4.79 Å². The second-order valence-corrected chi connectivity index (χ2v) is 6.34. The van der Waals surface area contributed by atoms with E-state index in [-0.39, 0.29) is 5.78 Å². The first-order chi connectivity index (χ1) is 9.97. The SMILES string of the molecule is CC(=O)c1cc(Br)cc(N)c1OCCN1CCN(C)CC1. The Hall–Kier alpha value is -1.11. The van der Waals surface area contributed by atoms with Gasteiger partial charge in [-0.3, -0.25) is 9.69 Å². The van der Waals surface area contributed by atoms with Gasteiger partial charge in [-0.1, -0.05) is 15.9 Å². The van der Waals surface area contributed by atoms with Gasteiger partial charge in [0.25, 0.3) is 0 Å². The monoisotopic (exact) mass is 355 g/mol. The molecule has 2 rings (SSSR count). The molecule has 1 aromatic carbocycles. The lowest BCUT2D eigenvalue weighted by Gasteiger charge is -2.32. The predicted molar refractivity (Wildman–Crippen MR) is 88.0 cm³/mol. The minimum atomic E-state index is -0.0439. The third kappa shape index (κ3) is 4.43. The minimum Gasteiger partial charge on any atom is -0.489 e. The Balaban J connectivity index is 1.95. The Morgan fingerprint density at radius 1 is 1.33 bits per heavy atom. The van der Waals surface area contributed by atoms with E-state index in [1.165, 1.54) is 6.92 Å². The number of ketones is 1. The summed E-state index contributed by atoms with van der Waals surface area (Å²) in [7, 11) is 2.13. The van der Waals surface area contributed by atoms with Crippen LogP contribution in [0.2, 0.25) is 0 Å². The van der Waals surface area contributed by atoms with Gasteiger partial charge in [0.1, 0.15) is 6.61 Å². The summed E-state index contributed by atoms with van der Waals surface area (Å²) >= 11 is 3.35. The summed E-state index contributed by atoms with van der Waals surface area (Å²) in [6.45, 7) is 7.17. The van der Waals surface area contributed by atoms with Gasteiger partial charge in [-0.15, -0.1) is 0 Å². The zero-order valence-corrected chi connectivity index (χ0v) is 14.1. The molecule has 0 bridgehead atoms. The average Bonchev–Trinajstić information content (AvgIpc) is 2.42. The zero-order valence-electron chi connectivity index (χ0n) is 12.6.